The van der Waals surface area contributed by atoms with Crippen molar-refractivity contribution in [2.24, 2.45) is 0 Å². The molecule has 0 bridgehead atoms. The van der Waals surface area contributed by atoms with Gasteiger partial charge in [-0.25, -0.2) is 4.98 Å². The Morgan fingerprint density at radius 1 is 1.58 bits per heavy atom. The Balaban J connectivity index is 1.60. The first-order chi connectivity index (χ1) is 9.15. The van der Waals surface area contributed by atoms with Crippen molar-refractivity contribution in [3.63, 3.8) is 0 Å². The van der Waals surface area contributed by atoms with Crippen LogP contribution in [0.5, 0.6) is 0 Å². The maximum Gasteiger partial charge on any atom is 0.226 e. The highest BCUT2D eigenvalue weighted by molar-refractivity contribution is 7.09. The van der Waals surface area contributed by atoms with Crippen LogP contribution in [0.1, 0.15) is 30.0 Å². The smallest absolute Gasteiger partial charge is 0.226 e. The zero-order valence-corrected chi connectivity index (χ0v) is 12.0. The summed E-state index contributed by atoms with van der Waals surface area (Å²) in [6.07, 6.45) is 2.80. The van der Waals surface area contributed by atoms with E-state index in [1.807, 2.05) is 17.2 Å². The Morgan fingerprint density at radius 3 is 3.05 bits per heavy atom. The normalized spacial score (nSPS) is 15.0. The average Bonchev–Trinajstić information content (AvgIpc) is 2.94. The van der Waals surface area contributed by atoms with Crippen molar-refractivity contribution < 1.29 is 9.59 Å². The first-order valence-corrected chi connectivity index (χ1v) is 7.48. The molecular formula is C13H19N3O2S. The number of nitrogens with zero attached hydrogens (tertiary/aromatic N) is 2. The van der Waals surface area contributed by atoms with Gasteiger partial charge in [-0.2, -0.15) is 0 Å². The van der Waals surface area contributed by atoms with Crippen molar-refractivity contribution in [1.82, 2.24) is 15.2 Å². The summed E-state index contributed by atoms with van der Waals surface area (Å²) >= 11 is 1.56. The van der Waals surface area contributed by atoms with Crippen LogP contribution in [0, 0.1) is 6.92 Å². The fourth-order valence-electron chi connectivity index (χ4n) is 2.15. The lowest BCUT2D eigenvalue weighted by molar-refractivity contribution is -0.127. The Morgan fingerprint density at radius 2 is 2.42 bits per heavy atom. The molecule has 104 valence electrons. The predicted octanol–water partition coefficient (Wildman–Crippen LogP) is 1.12. The lowest BCUT2D eigenvalue weighted by atomic mass is 10.3. The molecule has 0 aliphatic carbocycles. The minimum absolute atomic E-state index is 0.00181. The number of nitrogens with one attached hydrogen (secondary N) is 1. The van der Waals surface area contributed by atoms with Gasteiger partial charge in [-0.1, -0.05) is 0 Å². The fraction of sp³-hybridized carbons (Fsp3) is 0.615. The van der Waals surface area contributed by atoms with E-state index in [9.17, 15) is 9.59 Å². The second-order valence-corrected chi connectivity index (χ2v) is 5.78. The maximum atomic E-state index is 11.7. The molecule has 2 rings (SSSR count). The summed E-state index contributed by atoms with van der Waals surface area (Å²) in [5.74, 6) is 0.238. The summed E-state index contributed by atoms with van der Waals surface area (Å²) in [7, 11) is 0. The van der Waals surface area contributed by atoms with Gasteiger partial charge >= 0.3 is 0 Å². The van der Waals surface area contributed by atoms with Crippen molar-refractivity contribution in [3.05, 3.63) is 16.1 Å². The molecule has 6 heteroatoms. The molecule has 0 unspecified atom stereocenters. The highest BCUT2D eigenvalue weighted by Crippen LogP contribution is 2.09. The number of rotatable bonds is 6. The van der Waals surface area contributed by atoms with Crippen LogP contribution in [0.15, 0.2) is 5.38 Å². The third kappa shape index (κ3) is 4.31. The third-order valence-corrected chi connectivity index (χ3v) is 3.93. The quantitative estimate of drug-likeness (QED) is 0.795. The number of hydrogen-bond donors (Lipinski definition) is 1. The number of aryl methyl sites for hydroxylation is 1. The summed E-state index contributed by atoms with van der Waals surface area (Å²) in [5, 5.41) is 5.76. The van der Waals surface area contributed by atoms with Gasteiger partial charge in [-0.3, -0.25) is 9.59 Å². The van der Waals surface area contributed by atoms with Gasteiger partial charge < -0.3 is 10.2 Å². The summed E-state index contributed by atoms with van der Waals surface area (Å²) in [4.78, 5) is 29.2. The number of carbonyl (C=O) groups is 2. The van der Waals surface area contributed by atoms with Crippen molar-refractivity contribution in [2.75, 3.05) is 19.6 Å². The molecular weight excluding hydrogens is 262 g/mol. The van der Waals surface area contributed by atoms with Crippen LogP contribution < -0.4 is 5.32 Å². The standard InChI is InChI=1S/C13H19N3O2S/c1-10-15-11(9-19-10)8-12(17)14-5-3-7-16-6-2-4-13(16)18/h9H,2-8H2,1H3,(H,14,17). The molecule has 2 heterocycles. The molecule has 0 atom stereocenters. The predicted molar refractivity (Wildman–Crippen MR) is 74.0 cm³/mol. The molecule has 1 aliphatic rings. The molecule has 1 aromatic rings. The van der Waals surface area contributed by atoms with E-state index in [1.54, 1.807) is 11.3 Å². The Bertz CT molecular complexity index is 458. The van der Waals surface area contributed by atoms with Crippen LogP contribution in [-0.2, 0) is 16.0 Å². The Hall–Kier alpha value is -1.43. The molecule has 19 heavy (non-hydrogen) atoms. The fourth-order valence-corrected chi connectivity index (χ4v) is 2.77. The van der Waals surface area contributed by atoms with Gasteiger partial charge in [-0.15, -0.1) is 11.3 Å². The van der Waals surface area contributed by atoms with Crippen molar-refractivity contribution in [3.8, 4) is 0 Å². The van der Waals surface area contributed by atoms with Gasteiger partial charge in [0, 0.05) is 31.4 Å². The number of thiazole rings is 1. The van der Waals surface area contributed by atoms with Gasteiger partial charge in [0.2, 0.25) is 11.8 Å². The average molecular weight is 281 g/mol. The van der Waals surface area contributed by atoms with Gasteiger partial charge in [0.05, 0.1) is 17.1 Å². The minimum Gasteiger partial charge on any atom is -0.356 e. The van der Waals surface area contributed by atoms with Crippen LogP contribution in [0.4, 0.5) is 0 Å². The van der Waals surface area contributed by atoms with Crippen LogP contribution in [0.25, 0.3) is 0 Å². The van der Waals surface area contributed by atoms with E-state index in [1.165, 1.54) is 0 Å². The zero-order chi connectivity index (χ0) is 13.7. The summed E-state index contributed by atoms with van der Waals surface area (Å²) in [6, 6.07) is 0. The van der Waals surface area contributed by atoms with Crippen LogP contribution in [-0.4, -0.2) is 41.3 Å². The molecule has 0 aromatic carbocycles. The van der Waals surface area contributed by atoms with Gasteiger partial charge in [0.1, 0.15) is 0 Å². The molecule has 1 aliphatic heterocycles. The number of aromatic nitrogens is 1. The van der Waals surface area contributed by atoms with Crippen molar-refractivity contribution >= 4 is 23.2 Å². The second-order valence-electron chi connectivity index (χ2n) is 4.72. The molecule has 5 nitrogen and oxygen atoms in total. The lowest BCUT2D eigenvalue weighted by Gasteiger charge is -2.15. The molecule has 0 saturated carbocycles. The van der Waals surface area contributed by atoms with E-state index in [-0.39, 0.29) is 11.8 Å². The van der Waals surface area contributed by atoms with Crippen molar-refractivity contribution in [2.45, 2.75) is 32.6 Å². The lowest BCUT2D eigenvalue weighted by Crippen LogP contribution is -2.31. The van der Waals surface area contributed by atoms with E-state index in [0.29, 0.717) is 19.4 Å². The van der Waals surface area contributed by atoms with Crippen LogP contribution in [0.3, 0.4) is 0 Å². The maximum absolute atomic E-state index is 11.7. The Kier molecular flexibility index (Phi) is 4.90. The van der Waals surface area contributed by atoms with Gasteiger partial charge in [0.15, 0.2) is 0 Å². The summed E-state index contributed by atoms with van der Waals surface area (Å²) < 4.78 is 0. The summed E-state index contributed by atoms with van der Waals surface area (Å²) in [5.41, 5.74) is 0.828. The van der Waals surface area contributed by atoms with E-state index >= 15 is 0 Å². The van der Waals surface area contributed by atoms with Crippen LogP contribution >= 0.6 is 11.3 Å². The molecule has 1 N–H and O–H groups in total. The number of amides is 2. The molecule has 0 spiro atoms. The van der Waals surface area contributed by atoms with Crippen molar-refractivity contribution in [1.29, 1.82) is 0 Å². The Labute approximate surface area is 117 Å². The molecule has 1 aromatic heterocycles. The third-order valence-electron chi connectivity index (χ3n) is 3.11. The molecule has 0 radical (unpaired) electrons. The van der Waals surface area contributed by atoms with Gasteiger partial charge in [0.25, 0.3) is 0 Å². The molecule has 1 saturated heterocycles. The SMILES string of the molecule is Cc1nc(CC(=O)NCCCN2CCCC2=O)cs1. The van der Waals surface area contributed by atoms with E-state index in [4.69, 9.17) is 0 Å². The largest absolute Gasteiger partial charge is 0.356 e. The monoisotopic (exact) mass is 281 g/mol. The highest BCUT2D eigenvalue weighted by Gasteiger charge is 2.19. The first kappa shape index (κ1) is 14.0. The van der Waals surface area contributed by atoms with E-state index in [2.05, 4.69) is 10.3 Å². The van der Waals surface area contributed by atoms with Crippen LogP contribution in [0.2, 0.25) is 0 Å². The van der Waals surface area contributed by atoms with E-state index < -0.39 is 0 Å². The molecule has 1 fully saturated rings. The van der Waals surface area contributed by atoms with E-state index in [0.717, 1.165) is 36.6 Å². The molecule has 2 amide bonds. The van der Waals surface area contributed by atoms with Gasteiger partial charge in [-0.05, 0) is 19.8 Å². The number of likely N-dealkylation sites (tertiary alicyclic amines) is 1. The second kappa shape index (κ2) is 6.65. The number of hydrogen-bond acceptors (Lipinski definition) is 4. The highest BCUT2D eigenvalue weighted by atomic mass is 32.1. The number of carbonyl (C=O) groups excluding carboxylic acids is 2. The first-order valence-electron chi connectivity index (χ1n) is 6.60. The minimum atomic E-state index is -0.00181. The zero-order valence-electron chi connectivity index (χ0n) is 11.1. The topological polar surface area (TPSA) is 62.3 Å². The summed E-state index contributed by atoms with van der Waals surface area (Å²) in [6.45, 7) is 4.16.